The number of nitrogens with one attached hydrogen (secondary N) is 2. The molecule has 0 rings (SSSR count). The number of carbonyl (C=O) groups is 2. The molecule has 4 N–H and O–H groups in total. The molecule has 0 saturated carbocycles. The van der Waals surface area contributed by atoms with Crippen molar-refractivity contribution in [3.63, 3.8) is 0 Å². The lowest BCUT2D eigenvalue weighted by atomic mass is 9.92. The third-order valence-electron chi connectivity index (χ3n) is 3.18. The normalized spacial score (nSPS) is 12.1. The van der Waals surface area contributed by atoms with E-state index in [9.17, 15) is 9.59 Å². The highest BCUT2D eigenvalue weighted by Crippen LogP contribution is 2.17. The van der Waals surface area contributed by atoms with Crippen LogP contribution in [0.25, 0.3) is 0 Å². The smallest absolute Gasteiger partial charge is 0.239 e. The average Bonchev–Trinajstić information content (AvgIpc) is 2.31. The largest absolute Gasteiger partial charge is 0.353 e. The summed E-state index contributed by atoms with van der Waals surface area (Å²) in [7, 11) is 0. The van der Waals surface area contributed by atoms with Gasteiger partial charge in [0, 0.05) is 18.5 Å². The second-order valence-electron chi connectivity index (χ2n) is 6.36. The molecule has 0 radical (unpaired) electrons. The van der Waals surface area contributed by atoms with Crippen molar-refractivity contribution < 1.29 is 9.59 Å². The summed E-state index contributed by atoms with van der Waals surface area (Å²) in [6.45, 7) is 10.4. The van der Waals surface area contributed by atoms with Crippen molar-refractivity contribution in [1.29, 1.82) is 0 Å². The van der Waals surface area contributed by atoms with E-state index in [-0.39, 0.29) is 29.3 Å². The molecule has 0 unspecified atom stereocenters. The van der Waals surface area contributed by atoms with Crippen LogP contribution in [0.15, 0.2) is 0 Å². The molecule has 112 valence electrons. The highest BCUT2D eigenvalue weighted by molar-refractivity contribution is 5.84. The zero-order valence-corrected chi connectivity index (χ0v) is 12.9. The SMILES string of the molecule is CCC(N)(CC)CNC(=O)CNC(=O)CC(C)(C)C. The second kappa shape index (κ2) is 7.48. The Morgan fingerprint density at radius 3 is 1.95 bits per heavy atom. The van der Waals surface area contributed by atoms with E-state index < -0.39 is 0 Å². The van der Waals surface area contributed by atoms with E-state index in [0.29, 0.717) is 13.0 Å². The molecule has 0 heterocycles. The summed E-state index contributed by atoms with van der Waals surface area (Å²) >= 11 is 0. The first-order chi connectivity index (χ1) is 8.62. The van der Waals surface area contributed by atoms with E-state index in [4.69, 9.17) is 5.73 Å². The fraction of sp³-hybridized carbons (Fsp3) is 0.857. The number of amides is 2. The molecule has 19 heavy (non-hydrogen) atoms. The molecule has 0 aromatic carbocycles. The third-order valence-corrected chi connectivity index (χ3v) is 3.18. The van der Waals surface area contributed by atoms with Crippen molar-refractivity contribution in [3.8, 4) is 0 Å². The summed E-state index contributed by atoms with van der Waals surface area (Å²) < 4.78 is 0. The summed E-state index contributed by atoms with van der Waals surface area (Å²) in [5.41, 5.74) is 5.65. The van der Waals surface area contributed by atoms with E-state index in [2.05, 4.69) is 10.6 Å². The molecule has 0 aromatic heterocycles. The quantitative estimate of drug-likeness (QED) is 0.650. The van der Waals surface area contributed by atoms with Gasteiger partial charge >= 0.3 is 0 Å². The Morgan fingerprint density at radius 1 is 1.00 bits per heavy atom. The number of nitrogens with two attached hydrogens (primary N) is 1. The minimum atomic E-state index is -0.356. The molecule has 0 atom stereocenters. The molecule has 5 nitrogen and oxygen atoms in total. The van der Waals surface area contributed by atoms with Gasteiger partial charge in [0.05, 0.1) is 6.54 Å². The molecule has 5 heteroatoms. The summed E-state index contributed by atoms with van der Waals surface area (Å²) in [4.78, 5) is 23.2. The third kappa shape index (κ3) is 8.59. The maximum Gasteiger partial charge on any atom is 0.239 e. The second-order valence-corrected chi connectivity index (χ2v) is 6.36. The minimum absolute atomic E-state index is 0.0123. The lowest BCUT2D eigenvalue weighted by Gasteiger charge is -2.26. The molecule has 0 bridgehead atoms. The monoisotopic (exact) mass is 271 g/mol. The molecular formula is C14H29N3O2. The van der Waals surface area contributed by atoms with Gasteiger partial charge in [-0.05, 0) is 18.3 Å². The first kappa shape index (κ1) is 17.9. The van der Waals surface area contributed by atoms with Gasteiger partial charge in [0.1, 0.15) is 0 Å². The predicted octanol–water partition coefficient (Wildman–Crippen LogP) is 1.17. The summed E-state index contributed by atoms with van der Waals surface area (Å²) in [6, 6.07) is 0. The Hall–Kier alpha value is -1.10. The molecule has 2 amide bonds. The first-order valence-corrected chi connectivity index (χ1v) is 6.94. The Balaban J connectivity index is 3.97. The van der Waals surface area contributed by atoms with Gasteiger partial charge in [-0.25, -0.2) is 0 Å². The van der Waals surface area contributed by atoms with Crippen LogP contribution in [0.3, 0.4) is 0 Å². The Bertz CT molecular complexity index is 304. The van der Waals surface area contributed by atoms with Crippen LogP contribution in [0.1, 0.15) is 53.9 Å². The lowest BCUT2D eigenvalue weighted by molar-refractivity contribution is -0.127. The topological polar surface area (TPSA) is 84.2 Å². The zero-order chi connectivity index (χ0) is 15.1. The molecule has 0 aliphatic rings. The number of carbonyl (C=O) groups excluding carboxylic acids is 2. The number of hydrogen-bond acceptors (Lipinski definition) is 3. The lowest BCUT2D eigenvalue weighted by Crippen LogP contribution is -2.51. The van der Waals surface area contributed by atoms with Crippen LogP contribution in [0.5, 0.6) is 0 Å². The van der Waals surface area contributed by atoms with Gasteiger partial charge in [-0.1, -0.05) is 34.6 Å². The zero-order valence-electron chi connectivity index (χ0n) is 12.9. The molecule has 0 aliphatic carbocycles. The molecule has 0 aliphatic heterocycles. The summed E-state index contributed by atoms with van der Waals surface area (Å²) in [5.74, 6) is -0.299. The van der Waals surface area contributed by atoms with Gasteiger partial charge in [0.15, 0.2) is 0 Å². The number of rotatable bonds is 7. The molecule has 0 aromatic rings. The molecule has 0 spiro atoms. The number of hydrogen-bond donors (Lipinski definition) is 3. The predicted molar refractivity (Wildman–Crippen MR) is 77.6 cm³/mol. The van der Waals surface area contributed by atoms with Gasteiger partial charge in [-0.3, -0.25) is 9.59 Å². The van der Waals surface area contributed by atoms with Gasteiger partial charge in [-0.15, -0.1) is 0 Å². The molecule has 0 fully saturated rings. The maximum atomic E-state index is 11.6. The Labute approximate surface area is 116 Å². The summed E-state index contributed by atoms with van der Waals surface area (Å²) in [6.07, 6.45) is 2.02. The van der Waals surface area contributed by atoms with Crippen molar-refractivity contribution in [2.75, 3.05) is 13.1 Å². The highest BCUT2D eigenvalue weighted by Gasteiger charge is 2.21. The van der Waals surface area contributed by atoms with Crippen molar-refractivity contribution >= 4 is 11.8 Å². The van der Waals surface area contributed by atoms with E-state index in [1.165, 1.54) is 0 Å². The Morgan fingerprint density at radius 2 is 1.53 bits per heavy atom. The van der Waals surface area contributed by atoms with Crippen molar-refractivity contribution in [1.82, 2.24) is 10.6 Å². The maximum absolute atomic E-state index is 11.6. The minimum Gasteiger partial charge on any atom is -0.353 e. The van der Waals surface area contributed by atoms with E-state index in [1.54, 1.807) is 0 Å². The van der Waals surface area contributed by atoms with Crippen LogP contribution >= 0.6 is 0 Å². The first-order valence-electron chi connectivity index (χ1n) is 6.94. The van der Waals surface area contributed by atoms with E-state index in [1.807, 2.05) is 34.6 Å². The van der Waals surface area contributed by atoms with Crippen molar-refractivity contribution in [3.05, 3.63) is 0 Å². The van der Waals surface area contributed by atoms with Gasteiger partial charge in [-0.2, -0.15) is 0 Å². The van der Waals surface area contributed by atoms with E-state index >= 15 is 0 Å². The summed E-state index contributed by atoms with van der Waals surface area (Å²) in [5, 5.41) is 5.38. The van der Waals surface area contributed by atoms with Crippen LogP contribution in [0, 0.1) is 5.41 Å². The van der Waals surface area contributed by atoms with Crippen LogP contribution in [-0.2, 0) is 9.59 Å². The van der Waals surface area contributed by atoms with Crippen LogP contribution in [0.2, 0.25) is 0 Å². The van der Waals surface area contributed by atoms with Gasteiger partial charge in [0.2, 0.25) is 11.8 Å². The average molecular weight is 271 g/mol. The van der Waals surface area contributed by atoms with Crippen LogP contribution in [-0.4, -0.2) is 30.4 Å². The molecular weight excluding hydrogens is 242 g/mol. The van der Waals surface area contributed by atoms with Gasteiger partial charge in [0.25, 0.3) is 0 Å². The van der Waals surface area contributed by atoms with E-state index in [0.717, 1.165) is 12.8 Å². The molecule has 0 saturated heterocycles. The van der Waals surface area contributed by atoms with Crippen LogP contribution in [0.4, 0.5) is 0 Å². The van der Waals surface area contributed by atoms with Gasteiger partial charge < -0.3 is 16.4 Å². The highest BCUT2D eigenvalue weighted by atomic mass is 16.2. The Kier molecular flexibility index (Phi) is 7.05. The standard InChI is InChI=1S/C14H29N3O2/c1-6-14(15,7-2)10-17-12(19)9-16-11(18)8-13(3,4)5/h6-10,15H2,1-5H3,(H,16,18)(H,17,19). The van der Waals surface area contributed by atoms with Crippen molar-refractivity contribution in [2.45, 2.75) is 59.4 Å². The fourth-order valence-corrected chi connectivity index (χ4v) is 1.56. The van der Waals surface area contributed by atoms with Crippen molar-refractivity contribution in [2.24, 2.45) is 11.1 Å². The fourth-order valence-electron chi connectivity index (χ4n) is 1.56. The van der Waals surface area contributed by atoms with Crippen LogP contribution < -0.4 is 16.4 Å².